The molecule has 1 aromatic carbocycles. The Kier molecular flexibility index (Phi) is 5.81. The maximum absolute atomic E-state index is 12.5. The first kappa shape index (κ1) is 17.5. The van der Waals surface area contributed by atoms with Crippen molar-refractivity contribution in [1.29, 1.82) is 0 Å². The van der Waals surface area contributed by atoms with Crippen LogP contribution in [-0.2, 0) is 19.6 Å². The van der Waals surface area contributed by atoms with Gasteiger partial charge in [-0.05, 0) is 12.1 Å². The van der Waals surface area contributed by atoms with Gasteiger partial charge in [-0.1, -0.05) is 22.9 Å². The number of carbonyl (C=O) groups is 1. The molecule has 0 aliphatic carbocycles. The fourth-order valence-electron chi connectivity index (χ4n) is 1.56. The number of nitrogens with zero attached hydrogens (tertiary/aromatic N) is 2. The lowest BCUT2D eigenvalue weighted by atomic mass is 10.3. The number of nitro benzene ring substituents is 1. The van der Waals surface area contributed by atoms with Gasteiger partial charge in [-0.3, -0.25) is 14.9 Å². The third-order valence-electron chi connectivity index (χ3n) is 2.62. The second-order valence-corrected chi connectivity index (χ2v) is 6.70. The summed E-state index contributed by atoms with van der Waals surface area (Å²) in [5.41, 5.74) is -0.554. The fraction of sp³-hybridized carbons (Fsp3) is 0.364. The fourth-order valence-corrected chi connectivity index (χ4v) is 3.65. The summed E-state index contributed by atoms with van der Waals surface area (Å²) in [5.74, 6) is -0.752. The van der Waals surface area contributed by atoms with Gasteiger partial charge < -0.3 is 4.74 Å². The van der Waals surface area contributed by atoms with E-state index in [1.54, 1.807) is 0 Å². The van der Waals surface area contributed by atoms with E-state index < -0.39 is 38.0 Å². The van der Waals surface area contributed by atoms with Gasteiger partial charge in [0.1, 0.15) is 6.54 Å². The van der Waals surface area contributed by atoms with E-state index in [9.17, 15) is 23.3 Å². The smallest absolute Gasteiger partial charge is 0.321 e. The van der Waals surface area contributed by atoms with Gasteiger partial charge in [0.15, 0.2) is 4.90 Å². The lowest BCUT2D eigenvalue weighted by Gasteiger charge is -2.19. The number of esters is 1. The monoisotopic (exact) mass is 380 g/mol. The lowest BCUT2D eigenvalue weighted by molar-refractivity contribution is -0.387. The normalized spacial score (nSPS) is 11.4. The van der Waals surface area contributed by atoms with Gasteiger partial charge in [0, 0.05) is 17.1 Å². The number of sulfonamides is 1. The predicted octanol–water partition coefficient (Wildman–Crippen LogP) is 1.54. The van der Waals surface area contributed by atoms with Crippen LogP contribution in [-0.4, -0.2) is 43.8 Å². The van der Waals surface area contributed by atoms with Crippen molar-refractivity contribution in [3.63, 3.8) is 0 Å². The van der Waals surface area contributed by atoms with E-state index >= 15 is 0 Å². The zero-order valence-corrected chi connectivity index (χ0v) is 13.7. The molecule has 0 unspecified atom stereocenters. The molecule has 0 atom stereocenters. The summed E-state index contributed by atoms with van der Waals surface area (Å²) >= 11 is 3.08. The summed E-state index contributed by atoms with van der Waals surface area (Å²) < 4.78 is 30.6. The first-order valence-electron chi connectivity index (χ1n) is 5.75. The molecule has 0 N–H and O–H groups in total. The summed E-state index contributed by atoms with van der Waals surface area (Å²) in [4.78, 5) is 21.0. The van der Waals surface area contributed by atoms with E-state index in [1.807, 2.05) is 0 Å². The van der Waals surface area contributed by atoms with Crippen molar-refractivity contribution in [2.24, 2.45) is 0 Å². The van der Waals surface area contributed by atoms with Gasteiger partial charge in [-0.2, -0.15) is 4.31 Å². The Morgan fingerprint density at radius 1 is 1.48 bits per heavy atom. The number of carbonyl (C=O) groups excluding carboxylic acids is 1. The van der Waals surface area contributed by atoms with Crippen molar-refractivity contribution >= 4 is 37.6 Å². The van der Waals surface area contributed by atoms with E-state index in [1.165, 1.54) is 13.0 Å². The van der Waals surface area contributed by atoms with Gasteiger partial charge in [-0.25, -0.2) is 8.42 Å². The number of rotatable bonds is 6. The molecule has 0 aliphatic rings. The van der Waals surface area contributed by atoms with Gasteiger partial charge in [0.05, 0.1) is 12.0 Å². The highest BCUT2D eigenvalue weighted by Gasteiger charge is 2.32. The number of ether oxygens (including phenoxy) is 1. The standard InChI is InChI=1S/C11H13BrN2O6S/c1-3-13(7-11(15)20-2)21(18,19)10-6-8(12)4-5-9(10)14(16)17/h4-6H,3,7H2,1-2H3. The largest absolute Gasteiger partial charge is 0.468 e. The van der Waals surface area contributed by atoms with Crippen molar-refractivity contribution in [3.8, 4) is 0 Å². The highest BCUT2D eigenvalue weighted by atomic mass is 79.9. The number of hydrogen-bond donors (Lipinski definition) is 0. The molecular weight excluding hydrogens is 368 g/mol. The van der Waals surface area contributed by atoms with E-state index in [0.717, 1.165) is 23.5 Å². The number of likely N-dealkylation sites (N-methyl/N-ethyl adjacent to an activating group) is 1. The van der Waals surface area contributed by atoms with Crippen molar-refractivity contribution in [2.45, 2.75) is 11.8 Å². The minimum atomic E-state index is -4.19. The molecule has 21 heavy (non-hydrogen) atoms. The molecule has 0 fully saturated rings. The first-order chi connectivity index (χ1) is 9.73. The number of methoxy groups -OCH3 is 1. The number of hydrogen-bond acceptors (Lipinski definition) is 6. The predicted molar refractivity (Wildman–Crippen MR) is 77.2 cm³/mol. The Bertz CT molecular complexity index is 661. The molecule has 116 valence electrons. The van der Waals surface area contributed by atoms with Gasteiger partial charge in [0.2, 0.25) is 10.0 Å². The summed E-state index contributed by atoms with van der Waals surface area (Å²) in [6.07, 6.45) is 0. The number of benzene rings is 1. The SMILES string of the molecule is CCN(CC(=O)OC)S(=O)(=O)c1cc(Br)ccc1[N+](=O)[O-]. The first-order valence-corrected chi connectivity index (χ1v) is 7.98. The highest BCUT2D eigenvalue weighted by Crippen LogP contribution is 2.29. The van der Waals surface area contributed by atoms with Crippen LogP contribution < -0.4 is 0 Å². The van der Waals surface area contributed by atoms with Crippen LogP contribution in [0.3, 0.4) is 0 Å². The minimum Gasteiger partial charge on any atom is -0.468 e. The van der Waals surface area contributed by atoms with Crippen LogP contribution >= 0.6 is 15.9 Å². The van der Waals surface area contributed by atoms with Crippen LogP contribution in [0.25, 0.3) is 0 Å². The zero-order chi connectivity index (χ0) is 16.2. The maximum Gasteiger partial charge on any atom is 0.321 e. The molecule has 0 saturated carbocycles. The highest BCUT2D eigenvalue weighted by molar-refractivity contribution is 9.10. The zero-order valence-electron chi connectivity index (χ0n) is 11.3. The topological polar surface area (TPSA) is 107 Å². The van der Waals surface area contributed by atoms with E-state index in [2.05, 4.69) is 20.7 Å². The van der Waals surface area contributed by atoms with Gasteiger partial charge in [-0.15, -0.1) is 0 Å². The molecule has 0 spiro atoms. The minimum absolute atomic E-state index is 0.0267. The molecule has 0 saturated heterocycles. The van der Waals surface area contributed by atoms with Crippen LogP contribution in [0.5, 0.6) is 0 Å². The van der Waals surface area contributed by atoms with Crippen LogP contribution in [0.2, 0.25) is 0 Å². The van der Waals surface area contributed by atoms with Crippen molar-refractivity contribution in [2.75, 3.05) is 20.2 Å². The summed E-state index contributed by atoms with van der Waals surface area (Å²) in [5, 5.41) is 11.0. The van der Waals surface area contributed by atoms with Crippen molar-refractivity contribution in [3.05, 3.63) is 32.8 Å². The number of nitro groups is 1. The molecule has 0 aromatic heterocycles. The van der Waals surface area contributed by atoms with E-state index in [-0.39, 0.29) is 6.54 Å². The van der Waals surface area contributed by atoms with E-state index in [0.29, 0.717) is 4.47 Å². The Morgan fingerprint density at radius 3 is 2.57 bits per heavy atom. The van der Waals surface area contributed by atoms with Gasteiger partial charge >= 0.3 is 5.97 Å². The van der Waals surface area contributed by atoms with E-state index in [4.69, 9.17) is 0 Å². The molecule has 0 aliphatic heterocycles. The van der Waals surface area contributed by atoms with Gasteiger partial charge in [0.25, 0.3) is 5.69 Å². The Hall–Kier alpha value is -1.52. The Balaban J connectivity index is 3.38. The van der Waals surface area contributed by atoms with Crippen LogP contribution in [0.15, 0.2) is 27.6 Å². The summed E-state index contributed by atoms with van der Waals surface area (Å²) in [6, 6.07) is 3.59. The van der Waals surface area contributed by atoms with Crippen molar-refractivity contribution < 1.29 is 22.9 Å². The molecule has 0 bridgehead atoms. The van der Waals surface area contributed by atoms with Crippen molar-refractivity contribution in [1.82, 2.24) is 4.31 Å². The third kappa shape index (κ3) is 3.99. The molecular formula is C11H13BrN2O6S. The average molecular weight is 381 g/mol. The molecule has 8 nitrogen and oxygen atoms in total. The second-order valence-electron chi connectivity index (χ2n) is 3.88. The second kappa shape index (κ2) is 6.96. The quantitative estimate of drug-likeness (QED) is 0.420. The third-order valence-corrected chi connectivity index (χ3v) is 5.07. The maximum atomic E-state index is 12.5. The molecule has 0 amide bonds. The van der Waals surface area contributed by atoms with Crippen LogP contribution in [0.4, 0.5) is 5.69 Å². The lowest BCUT2D eigenvalue weighted by Crippen LogP contribution is -2.36. The molecule has 10 heteroatoms. The number of halogens is 1. The molecule has 1 aromatic rings. The molecule has 0 heterocycles. The summed E-state index contributed by atoms with van der Waals surface area (Å²) in [6.45, 7) is 0.977. The molecule has 1 rings (SSSR count). The average Bonchev–Trinajstić information content (AvgIpc) is 2.43. The Morgan fingerprint density at radius 2 is 2.10 bits per heavy atom. The van der Waals surface area contributed by atoms with Crippen LogP contribution in [0, 0.1) is 10.1 Å². The Labute approximate surface area is 130 Å². The molecule has 0 radical (unpaired) electrons. The summed E-state index contributed by atoms with van der Waals surface area (Å²) in [7, 11) is -3.06. The van der Waals surface area contributed by atoms with Crippen LogP contribution in [0.1, 0.15) is 6.92 Å².